The molecule has 4 heteroatoms. The van der Waals surface area contributed by atoms with Gasteiger partial charge in [0.05, 0.1) is 13.2 Å². The van der Waals surface area contributed by atoms with E-state index in [1.165, 1.54) is 32.8 Å². The van der Waals surface area contributed by atoms with E-state index in [-0.39, 0.29) is 5.75 Å². The molecule has 2 rings (SSSR count). The lowest BCUT2D eigenvalue weighted by atomic mass is 10.1. The summed E-state index contributed by atoms with van der Waals surface area (Å²) < 4.78 is 18.9. The van der Waals surface area contributed by atoms with Gasteiger partial charge in [-0.05, 0) is 18.9 Å². The predicted octanol–water partition coefficient (Wildman–Crippen LogP) is 3.54. The first kappa shape index (κ1) is 13.7. The molecule has 0 aliphatic heterocycles. The Hall–Kier alpha value is -0.740. The summed E-state index contributed by atoms with van der Waals surface area (Å²) in [7, 11) is 1.43. The van der Waals surface area contributed by atoms with Crippen molar-refractivity contribution in [2.24, 2.45) is 0 Å². The molecule has 1 aromatic rings. The Morgan fingerprint density at radius 3 is 2.83 bits per heavy atom. The van der Waals surface area contributed by atoms with Crippen molar-refractivity contribution in [3.63, 3.8) is 0 Å². The number of hydrogen-bond donors (Lipinski definition) is 1. The normalized spacial score (nSPS) is 17.9. The van der Waals surface area contributed by atoms with Gasteiger partial charge in [0.15, 0.2) is 11.6 Å². The van der Waals surface area contributed by atoms with Gasteiger partial charge >= 0.3 is 0 Å². The summed E-state index contributed by atoms with van der Waals surface area (Å²) in [4.78, 5) is 0. The fourth-order valence-electron chi connectivity index (χ4n) is 2.31. The van der Waals surface area contributed by atoms with E-state index in [0.717, 1.165) is 0 Å². The summed E-state index contributed by atoms with van der Waals surface area (Å²) in [5.41, 5.74) is 0.333. The molecule has 1 aliphatic carbocycles. The molecular formula is C14H19FO2S. The highest BCUT2D eigenvalue weighted by atomic mass is 32.2. The molecule has 0 aromatic heterocycles. The first-order chi connectivity index (χ1) is 8.72. The molecule has 100 valence electrons. The van der Waals surface area contributed by atoms with E-state index in [1.807, 2.05) is 0 Å². The average Bonchev–Trinajstić information content (AvgIpc) is 2.89. The van der Waals surface area contributed by atoms with Crippen LogP contribution in [0, 0.1) is 5.82 Å². The lowest BCUT2D eigenvalue weighted by molar-refractivity contribution is 0.197. The Morgan fingerprint density at radius 2 is 2.17 bits per heavy atom. The van der Waals surface area contributed by atoms with Gasteiger partial charge in [-0.1, -0.05) is 25.0 Å². The SMILES string of the molecule is COc1cccc(C(O)CSC2CCCC2)c1F. The highest BCUT2D eigenvalue weighted by Gasteiger charge is 2.20. The van der Waals surface area contributed by atoms with Crippen molar-refractivity contribution >= 4 is 11.8 Å². The lowest BCUT2D eigenvalue weighted by Crippen LogP contribution is -2.07. The predicted molar refractivity (Wildman–Crippen MR) is 72.6 cm³/mol. The van der Waals surface area contributed by atoms with Crippen LogP contribution in [0.4, 0.5) is 4.39 Å². The van der Waals surface area contributed by atoms with E-state index < -0.39 is 11.9 Å². The van der Waals surface area contributed by atoms with Gasteiger partial charge in [0, 0.05) is 16.6 Å². The van der Waals surface area contributed by atoms with Crippen LogP contribution in [-0.4, -0.2) is 23.2 Å². The highest BCUT2D eigenvalue weighted by Crippen LogP contribution is 2.33. The van der Waals surface area contributed by atoms with Crippen molar-refractivity contribution in [1.82, 2.24) is 0 Å². The minimum atomic E-state index is -0.759. The lowest BCUT2D eigenvalue weighted by Gasteiger charge is -2.15. The second-order valence-electron chi connectivity index (χ2n) is 4.62. The molecule has 0 radical (unpaired) electrons. The second kappa shape index (κ2) is 6.43. The summed E-state index contributed by atoms with van der Waals surface area (Å²) in [5, 5.41) is 10.7. The van der Waals surface area contributed by atoms with Gasteiger partial charge in [-0.3, -0.25) is 0 Å². The Labute approximate surface area is 112 Å². The molecule has 0 heterocycles. The molecule has 1 aromatic carbocycles. The summed E-state index contributed by atoms with van der Waals surface area (Å²) in [6.45, 7) is 0. The zero-order chi connectivity index (χ0) is 13.0. The van der Waals surface area contributed by atoms with Crippen LogP contribution in [0.3, 0.4) is 0 Å². The molecule has 2 nitrogen and oxygen atoms in total. The van der Waals surface area contributed by atoms with Crippen molar-refractivity contribution in [2.45, 2.75) is 37.0 Å². The standard InChI is InChI=1S/C14H19FO2S/c1-17-13-8-4-7-11(14(13)15)12(16)9-18-10-5-2-3-6-10/h4,7-8,10,12,16H,2-3,5-6,9H2,1H3. The third-order valence-electron chi connectivity index (χ3n) is 3.36. The van der Waals surface area contributed by atoms with Crippen molar-refractivity contribution in [2.75, 3.05) is 12.9 Å². The number of aliphatic hydroxyl groups is 1. The quantitative estimate of drug-likeness (QED) is 0.887. The number of thioether (sulfide) groups is 1. The summed E-state index contributed by atoms with van der Waals surface area (Å²) >= 11 is 1.75. The monoisotopic (exact) mass is 270 g/mol. The van der Waals surface area contributed by atoms with Crippen LogP contribution < -0.4 is 4.74 Å². The second-order valence-corrected chi connectivity index (χ2v) is 5.95. The Balaban J connectivity index is 1.97. The van der Waals surface area contributed by atoms with Crippen LogP contribution in [0.2, 0.25) is 0 Å². The van der Waals surface area contributed by atoms with Crippen LogP contribution in [0.5, 0.6) is 5.75 Å². The van der Waals surface area contributed by atoms with Crippen LogP contribution >= 0.6 is 11.8 Å². The maximum Gasteiger partial charge on any atom is 0.170 e. The largest absolute Gasteiger partial charge is 0.494 e. The smallest absolute Gasteiger partial charge is 0.170 e. The van der Waals surface area contributed by atoms with Gasteiger partial charge in [-0.2, -0.15) is 11.8 Å². The average molecular weight is 270 g/mol. The fourth-order valence-corrected chi connectivity index (χ4v) is 3.62. The summed E-state index contributed by atoms with van der Waals surface area (Å²) in [6, 6.07) is 4.90. The topological polar surface area (TPSA) is 29.5 Å². The first-order valence-corrected chi connectivity index (χ1v) is 7.39. The van der Waals surface area contributed by atoms with Crippen molar-refractivity contribution in [3.8, 4) is 5.75 Å². The van der Waals surface area contributed by atoms with E-state index in [0.29, 0.717) is 16.6 Å². The molecule has 0 spiro atoms. The molecule has 18 heavy (non-hydrogen) atoms. The molecule has 1 aliphatic rings. The number of ether oxygens (including phenoxy) is 1. The van der Waals surface area contributed by atoms with Crippen molar-refractivity contribution in [1.29, 1.82) is 0 Å². The van der Waals surface area contributed by atoms with Crippen LogP contribution in [0.25, 0.3) is 0 Å². The van der Waals surface area contributed by atoms with Gasteiger partial charge in [-0.15, -0.1) is 0 Å². The number of methoxy groups -OCH3 is 1. The first-order valence-electron chi connectivity index (χ1n) is 6.34. The summed E-state index contributed by atoms with van der Waals surface area (Å²) in [6.07, 6.45) is 4.24. The van der Waals surface area contributed by atoms with Crippen molar-refractivity contribution < 1.29 is 14.2 Å². The van der Waals surface area contributed by atoms with Crippen LogP contribution in [0.15, 0.2) is 18.2 Å². The van der Waals surface area contributed by atoms with E-state index in [9.17, 15) is 9.50 Å². The molecule has 0 saturated heterocycles. The van der Waals surface area contributed by atoms with Gasteiger partial charge in [0.2, 0.25) is 0 Å². The molecule has 1 saturated carbocycles. The maximum atomic E-state index is 13.9. The van der Waals surface area contributed by atoms with Crippen LogP contribution in [-0.2, 0) is 0 Å². The summed E-state index contributed by atoms with van der Waals surface area (Å²) in [5.74, 6) is 0.298. The number of aliphatic hydroxyl groups excluding tert-OH is 1. The van der Waals surface area contributed by atoms with E-state index in [4.69, 9.17) is 4.74 Å². The minimum absolute atomic E-state index is 0.192. The van der Waals surface area contributed by atoms with Crippen LogP contribution in [0.1, 0.15) is 37.4 Å². The molecule has 1 fully saturated rings. The Bertz CT molecular complexity index is 391. The van der Waals surface area contributed by atoms with E-state index in [2.05, 4.69) is 0 Å². The molecule has 1 atom stereocenters. The highest BCUT2D eigenvalue weighted by molar-refractivity contribution is 7.99. The molecule has 1 N–H and O–H groups in total. The number of rotatable bonds is 5. The third kappa shape index (κ3) is 3.18. The Kier molecular flexibility index (Phi) is 4.89. The van der Waals surface area contributed by atoms with Gasteiger partial charge in [-0.25, -0.2) is 4.39 Å². The number of benzene rings is 1. The zero-order valence-electron chi connectivity index (χ0n) is 10.6. The molecular weight excluding hydrogens is 251 g/mol. The van der Waals surface area contributed by atoms with E-state index >= 15 is 0 Å². The Morgan fingerprint density at radius 1 is 1.44 bits per heavy atom. The third-order valence-corrected chi connectivity index (χ3v) is 4.82. The van der Waals surface area contributed by atoms with Gasteiger partial charge in [0.25, 0.3) is 0 Å². The van der Waals surface area contributed by atoms with Crippen molar-refractivity contribution in [3.05, 3.63) is 29.6 Å². The molecule has 0 amide bonds. The molecule has 0 bridgehead atoms. The van der Waals surface area contributed by atoms with E-state index in [1.54, 1.807) is 30.0 Å². The molecule has 1 unspecified atom stereocenters. The fraction of sp³-hybridized carbons (Fsp3) is 0.571. The van der Waals surface area contributed by atoms with Gasteiger partial charge in [0.1, 0.15) is 0 Å². The zero-order valence-corrected chi connectivity index (χ0v) is 11.4. The number of halogens is 1. The minimum Gasteiger partial charge on any atom is -0.494 e. The number of hydrogen-bond acceptors (Lipinski definition) is 3. The van der Waals surface area contributed by atoms with Gasteiger partial charge < -0.3 is 9.84 Å². The maximum absolute atomic E-state index is 13.9.